The van der Waals surface area contributed by atoms with Crippen LogP contribution in [0.25, 0.3) is 0 Å². The van der Waals surface area contributed by atoms with Gasteiger partial charge in [0.2, 0.25) is 0 Å². The first-order valence-electron chi connectivity index (χ1n) is 12.0. The summed E-state index contributed by atoms with van der Waals surface area (Å²) < 4.78 is 23.5. The number of hydrogen-bond donors (Lipinski definition) is 1. The van der Waals surface area contributed by atoms with Gasteiger partial charge in [-0.05, 0) is 52.2 Å². The molecule has 33 heavy (non-hydrogen) atoms. The Balaban J connectivity index is 2.58. The standard InChI is InChI=1S/C27H45NO2SSi2/c1-25(2,3)31(29)28-27(7,21-22-30-32(8,9)26(4,5)6)33(10,23-17-13-11-14-18-23)24-19-15-12-16-20-24/h11-20,28H,21-22H2,1-10H3/t27?,31-/m1/s1. The lowest BCUT2D eigenvalue weighted by Gasteiger charge is -2.48. The van der Waals surface area contributed by atoms with Gasteiger partial charge in [-0.1, -0.05) is 98.4 Å². The van der Waals surface area contributed by atoms with Crippen molar-refractivity contribution < 1.29 is 8.63 Å². The highest BCUT2D eigenvalue weighted by atomic mass is 32.2. The van der Waals surface area contributed by atoms with Crippen LogP contribution in [0.5, 0.6) is 0 Å². The largest absolute Gasteiger partial charge is 0.417 e. The fraction of sp³-hybridized carbons (Fsp3) is 0.556. The Morgan fingerprint density at radius 2 is 1.21 bits per heavy atom. The smallest absolute Gasteiger partial charge is 0.191 e. The maximum Gasteiger partial charge on any atom is 0.191 e. The van der Waals surface area contributed by atoms with Crippen LogP contribution in [0.15, 0.2) is 60.7 Å². The van der Waals surface area contributed by atoms with Crippen molar-refractivity contribution in [2.75, 3.05) is 6.61 Å². The highest BCUT2D eigenvalue weighted by molar-refractivity contribution is 7.84. The van der Waals surface area contributed by atoms with Gasteiger partial charge in [0.15, 0.2) is 8.32 Å². The molecular formula is C27H45NO2SSi2. The van der Waals surface area contributed by atoms with Gasteiger partial charge in [0.25, 0.3) is 0 Å². The quantitative estimate of drug-likeness (QED) is 0.450. The Morgan fingerprint density at radius 1 is 0.788 bits per heavy atom. The third-order valence-corrected chi connectivity index (χ3v) is 19.6. The molecule has 0 saturated carbocycles. The van der Waals surface area contributed by atoms with Crippen LogP contribution >= 0.6 is 0 Å². The van der Waals surface area contributed by atoms with Crippen molar-refractivity contribution in [3.8, 4) is 0 Å². The summed E-state index contributed by atoms with van der Waals surface area (Å²) in [7, 11) is -5.50. The minimum atomic E-state index is -2.41. The molecule has 0 amide bonds. The average molecular weight is 504 g/mol. The Labute approximate surface area is 207 Å². The van der Waals surface area contributed by atoms with E-state index in [9.17, 15) is 4.21 Å². The lowest BCUT2D eigenvalue weighted by molar-refractivity contribution is 0.261. The second-order valence-electron chi connectivity index (χ2n) is 12.0. The molecule has 0 saturated heterocycles. The zero-order valence-corrected chi connectivity index (χ0v) is 25.2. The highest BCUT2D eigenvalue weighted by Gasteiger charge is 2.51. The third-order valence-electron chi connectivity index (χ3n) is 7.55. The number of rotatable bonds is 9. The molecule has 0 aromatic heterocycles. The van der Waals surface area contributed by atoms with Crippen molar-refractivity contribution in [1.82, 2.24) is 4.72 Å². The summed E-state index contributed by atoms with van der Waals surface area (Å²) in [5.41, 5.74) is 0. The van der Waals surface area contributed by atoms with Crippen LogP contribution in [0.3, 0.4) is 0 Å². The molecule has 2 atom stereocenters. The van der Waals surface area contributed by atoms with E-state index in [1.165, 1.54) is 10.4 Å². The molecule has 2 aromatic rings. The van der Waals surface area contributed by atoms with E-state index < -0.39 is 27.4 Å². The second-order valence-corrected chi connectivity index (χ2v) is 23.3. The van der Waals surface area contributed by atoms with Gasteiger partial charge in [0.1, 0.15) is 8.07 Å². The fourth-order valence-electron chi connectivity index (χ4n) is 3.83. The van der Waals surface area contributed by atoms with Crippen molar-refractivity contribution in [3.63, 3.8) is 0 Å². The van der Waals surface area contributed by atoms with E-state index in [2.05, 4.69) is 113 Å². The maximum atomic E-state index is 13.5. The van der Waals surface area contributed by atoms with Crippen LogP contribution < -0.4 is 15.1 Å². The van der Waals surface area contributed by atoms with Crippen LogP contribution in [-0.4, -0.2) is 37.1 Å². The molecule has 0 heterocycles. The zero-order chi connectivity index (χ0) is 25.1. The minimum Gasteiger partial charge on any atom is -0.417 e. The van der Waals surface area contributed by atoms with Crippen molar-refractivity contribution >= 4 is 37.8 Å². The molecule has 0 aliphatic carbocycles. The van der Waals surface area contributed by atoms with Gasteiger partial charge < -0.3 is 4.43 Å². The summed E-state index contributed by atoms with van der Waals surface area (Å²) in [6, 6.07) is 21.6. The topological polar surface area (TPSA) is 38.3 Å². The van der Waals surface area contributed by atoms with E-state index in [1.54, 1.807) is 0 Å². The molecule has 2 aromatic carbocycles. The molecule has 1 N–H and O–H groups in total. The summed E-state index contributed by atoms with van der Waals surface area (Å²) in [5, 5.41) is 2.45. The lowest BCUT2D eigenvalue weighted by Crippen LogP contribution is -2.76. The van der Waals surface area contributed by atoms with Gasteiger partial charge >= 0.3 is 0 Å². The van der Waals surface area contributed by atoms with Gasteiger partial charge in [-0.15, -0.1) is 0 Å². The van der Waals surface area contributed by atoms with E-state index in [-0.39, 0.29) is 14.9 Å². The van der Waals surface area contributed by atoms with E-state index >= 15 is 0 Å². The van der Waals surface area contributed by atoms with Gasteiger partial charge in [0.05, 0.1) is 15.7 Å². The summed E-state index contributed by atoms with van der Waals surface area (Å²) in [4.78, 5) is 0. The molecule has 0 bridgehead atoms. The van der Waals surface area contributed by atoms with E-state index in [0.717, 1.165) is 6.42 Å². The number of hydrogen-bond acceptors (Lipinski definition) is 2. The Morgan fingerprint density at radius 3 is 1.58 bits per heavy atom. The molecule has 6 heteroatoms. The highest BCUT2D eigenvalue weighted by Crippen LogP contribution is 2.37. The van der Waals surface area contributed by atoms with Crippen molar-refractivity contribution in [1.29, 1.82) is 0 Å². The molecule has 0 aliphatic heterocycles. The molecule has 0 aliphatic rings. The van der Waals surface area contributed by atoms with Crippen LogP contribution in [0.4, 0.5) is 0 Å². The Hall–Kier alpha value is -1.06. The van der Waals surface area contributed by atoms with E-state index in [0.29, 0.717) is 6.61 Å². The predicted molar refractivity (Wildman–Crippen MR) is 151 cm³/mol. The molecular weight excluding hydrogens is 459 g/mol. The Kier molecular flexibility index (Phi) is 8.78. The summed E-state index contributed by atoms with van der Waals surface area (Å²) >= 11 is 0. The molecule has 1 unspecified atom stereocenters. The zero-order valence-electron chi connectivity index (χ0n) is 22.4. The second kappa shape index (κ2) is 10.3. The molecule has 2 rings (SSSR count). The normalized spacial score (nSPS) is 16.3. The molecule has 3 nitrogen and oxygen atoms in total. The summed E-state index contributed by atoms with van der Waals surface area (Å²) in [5.74, 6) is 0. The first-order chi connectivity index (χ1) is 15.0. The molecule has 184 valence electrons. The molecule has 0 spiro atoms. The van der Waals surface area contributed by atoms with Crippen LogP contribution in [-0.2, 0) is 15.4 Å². The summed E-state index contributed by atoms with van der Waals surface area (Å²) in [6.45, 7) is 22.9. The van der Waals surface area contributed by atoms with Gasteiger partial charge in [-0.25, -0.2) is 8.93 Å². The minimum absolute atomic E-state index is 0.157. The summed E-state index contributed by atoms with van der Waals surface area (Å²) in [6.07, 6.45) is 0.799. The van der Waals surface area contributed by atoms with Crippen LogP contribution in [0, 0.1) is 0 Å². The maximum absolute atomic E-state index is 13.5. The van der Waals surface area contributed by atoms with E-state index in [4.69, 9.17) is 4.43 Å². The first-order valence-corrected chi connectivity index (χ1v) is 18.6. The van der Waals surface area contributed by atoms with Crippen molar-refractivity contribution in [3.05, 3.63) is 60.7 Å². The SMILES string of the molecule is CC(C)(C)[S@@](=O)NC(C)(CCO[Si](C)(C)C(C)(C)C)[Si](C)(c1ccccc1)c1ccccc1. The number of nitrogens with one attached hydrogen (secondary N) is 1. The Bertz CT molecular complexity index is 881. The van der Waals surface area contributed by atoms with Gasteiger partial charge in [-0.2, -0.15) is 0 Å². The fourth-order valence-corrected chi connectivity index (χ4v) is 10.7. The van der Waals surface area contributed by atoms with Crippen LogP contribution in [0.1, 0.15) is 54.9 Å². The van der Waals surface area contributed by atoms with Gasteiger partial charge in [0, 0.05) is 11.8 Å². The first kappa shape index (κ1) is 28.2. The van der Waals surface area contributed by atoms with Gasteiger partial charge in [-0.3, -0.25) is 0 Å². The predicted octanol–water partition coefficient (Wildman–Crippen LogP) is 5.64. The van der Waals surface area contributed by atoms with Crippen molar-refractivity contribution in [2.24, 2.45) is 0 Å². The monoisotopic (exact) mass is 503 g/mol. The number of benzene rings is 2. The van der Waals surface area contributed by atoms with Crippen molar-refractivity contribution in [2.45, 2.75) is 89.5 Å². The van der Waals surface area contributed by atoms with E-state index in [1.807, 2.05) is 20.8 Å². The molecule has 0 radical (unpaired) electrons. The van der Waals surface area contributed by atoms with Crippen LogP contribution in [0.2, 0.25) is 24.7 Å². The molecule has 0 fully saturated rings. The lowest BCUT2D eigenvalue weighted by atomic mass is 10.2. The average Bonchev–Trinajstić information content (AvgIpc) is 2.72. The third kappa shape index (κ3) is 6.34.